The Hall–Kier alpha value is -1.32. The summed E-state index contributed by atoms with van der Waals surface area (Å²) in [5, 5.41) is 2.71. The van der Waals surface area contributed by atoms with Crippen LogP contribution in [-0.2, 0) is 19.9 Å². The van der Waals surface area contributed by atoms with Crippen molar-refractivity contribution < 1.29 is 21.6 Å². The molecule has 1 amide bonds. The minimum absolute atomic E-state index is 0.0115. The molecule has 0 radical (unpaired) electrons. The lowest BCUT2D eigenvalue weighted by atomic mass is 10.2. The molecule has 2 N–H and O–H groups in total. The Bertz CT molecular complexity index is 821. The number of carbonyl (C=O) groups excluding carboxylic acids is 1. The highest BCUT2D eigenvalue weighted by Gasteiger charge is 2.31. The Labute approximate surface area is 140 Å². The summed E-state index contributed by atoms with van der Waals surface area (Å²) >= 11 is 5.83. The lowest BCUT2D eigenvalue weighted by Crippen LogP contribution is -2.26. The van der Waals surface area contributed by atoms with Crippen LogP contribution in [0.4, 0.5) is 5.69 Å². The third kappa shape index (κ3) is 4.82. The first-order valence-electron chi connectivity index (χ1n) is 6.84. The number of amides is 1. The second-order valence-corrected chi connectivity index (χ2v) is 9.85. The highest BCUT2D eigenvalue weighted by atomic mass is 35.5. The molecule has 0 spiro atoms. The van der Waals surface area contributed by atoms with Crippen LogP contribution in [0.3, 0.4) is 0 Å². The van der Waals surface area contributed by atoms with Crippen molar-refractivity contribution in [3.05, 3.63) is 28.8 Å². The van der Waals surface area contributed by atoms with Gasteiger partial charge in [0.05, 0.1) is 28.5 Å². The van der Waals surface area contributed by atoms with Crippen molar-refractivity contribution in [1.29, 1.82) is 0 Å². The van der Waals surface area contributed by atoms with E-state index in [0.717, 1.165) is 0 Å². The second-order valence-electron chi connectivity index (χ2n) is 5.42. The van der Waals surface area contributed by atoms with Gasteiger partial charge in [-0.1, -0.05) is 11.6 Å². The van der Waals surface area contributed by atoms with Gasteiger partial charge in [0, 0.05) is 12.1 Å². The number of hydrogen-bond donors (Lipinski definition) is 2. The molecule has 1 heterocycles. The van der Waals surface area contributed by atoms with E-state index in [0.29, 0.717) is 11.4 Å². The van der Waals surface area contributed by atoms with Gasteiger partial charge in [0.25, 0.3) is 5.91 Å². The molecule has 0 bridgehead atoms. The topological polar surface area (TPSA) is 109 Å². The summed E-state index contributed by atoms with van der Waals surface area (Å²) in [5.74, 6) is -1.34. The molecular formula is C13H17ClN2O5S2. The van der Waals surface area contributed by atoms with Crippen molar-refractivity contribution >= 4 is 43.1 Å². The van der Waals surface area contributed by atoms with Crippen LogP contribution >= 0.6 is 11.6 Å². The smallest absolute Gasteiger partial charge is 0.253 e. The van der Waals surface area contributed by atoms with Gasteiger partial charge in [0.2, 0.25) is 10.0 Å². The van der Waals surface area contributed by atoms with Gasteiger partial charge in [-0.3, -0.25) is 9.52 Å². The maximum absolute atomic E-state index is 12.2. The number of nitrogens with one attached hydrogen (secondary N) is 2. The second kappa shape index (κ2) is 6.66. The summed E-state index contributed by atoms with van der Waals surface area (Å²) in [4.78, 5) is 11.8. The number of halogens is 1. The van der Waals surface area contributed by atoms with E-state index < -0.39 is 31.7 Å². The Morgan fingerprint density at radius 2 is 2.09 bits per heavy atom. The number of carbonyl (C=O) groups is 1. The molecule has 0 unspecified atom stereocenters. The zero-order chi connectivity index (χ0) is 17.3. The third-order valence-electron chi connectivity index (χ3n) is 3.50. The molecule has 1 aromatic carbocycles. The van der Waals surface area contributed by atoms with Crippen LogP contribution in [0.25, 0.3) is 0 Å². The molecule has 0 aliphatic carbocycles. The predicted molar refractivity (Wildman–Crippen MR) is 89.0 cm³/mol. The first kappa shape index (κ1) is 18.0. The SMILES string of the molecule is CNC(=O)c1cc(Cl)ccc1NS(=O)(=O)C[C@H]1CCS(=O)(=O)C1. The largest absolute Gasteiger partial charge is 0.355 e. The van der Waals surface area contributed by atoms with Crippen molar-refractivity contribution in [3.63, 3.8) is 0 Å². The predicted octanol–water partition coefficient (Wildman–Crippen LogP) is 0.876. The van der Waals surface area contributed by atoms with Crippen molar-refractivity contribution in [2.45, 2.75) is 6.42 Å². The summed E-state index contributed by atoms with van der Waals surface area (Å²) < 4.78 is 49.7. The van der Waals surface area contributed by atoms with E-state index in [1.165, 1.54) is 25.2 Å². The number of sulfonamides is 1. The van der Waals surface area contributed by atoms with E-state index in [4.69, 9.17) is 11.6 Å². The van der Waals surface area contributed by atoms with E-state index in [1.54, 1.807) is 0 Å². The van der Waals surface area contributed by atoms with E-state index in [1.807, 2.05) is 0 Å². The lowest BCUT2D eigenvalue weighted by molar-refractivity contribution is 0.0964. The molecule has 1 fully saturated rings. The summed E-state index contributed by atoms with van der Waals surface area (Å²) in [6.45, 7) is 0. The van der Waals surface area contributed by atoms with E-state index in [2.05, 4.69) is 10.0 Å². The molecule has 7 nitrogen and oxygen atoms in total. The average molecular weight is 381 g/mol. The van der Waals surface area contributed by atoms with Gasteiger partial charge in [-0.15, -0.1) is 0 Å². The van der Waals surface area contributed by atoms with E-state index in [-0.39, 0.29) is 28.5 Å². The minimum Gasteiger partial charge on any atom is -0.355 e. The Kier molecular flexibility index (Phi) is 5.22. The first-order valence-corrected chi connectivity index (χ1v) is 10.7. The van der Waals surface area contributed by atoms with Gasteiger partial charge in [0.15, 0.2) is 9.84 Å². The Morgan fingerprint density at radius 1 is 1.39 bits per heavy atom. The number of anilines is 1. The van der Waals surface area contributed by atoms with Crippen LogP contribution in [0, 0.1) is 5.92 Å². The quantitative estimate of drug-likeness (QED) is 0.787. The number of sulfone groups is 1. The fourth-order valence-electron chi connectivity index (χ4n) is 2.45. The van der Waals surface area contributed by atoms with Crippen molar-refractivity contribution in [2.24, 2.45) is 5.92 Å². The van der Waals surface area contributed by atoms with Crippen molar-refractivity contribution in [1.82, 2.24) is 5.32 Å². The van der Waals surface area contributed by atoms with Gasteiger partial charge in [-0.2, -0.15) is 0 Å². The fraction of sp³-hybridized carbons (Fsp3) is 0.462. The molecule has 1 aliphatic heterocycles. The van der Waals surface area contributed by atoms with Crippen LogP contribution in [0.15, 0.2) is 18.2 Å². The summed E-state index contributed by atoms with van der Waals surface area (Å²) in [7, 11) is -5.51. The van der Waals surface area contributed by atoms with Crippen LogP contribution in [0.5, 0.6) is 0 Å². The van der Waals surface area contributed by atoms with Crippen LogP contribution in [0.2, 0.25) is 5.02 Å². The maximum Gasteiger partial charge on any atom is 0.253 e. The summed E-state index contributed by atoms with van der Waals surface area (Å²) in [6, 6.07) is 4.22. The maximum atomic E-state index is 12.2. The number of rotatable bonds is 5. The molecule has 1 atom stereocenters. The van der Waals surface area contributed by atoms with Gasteiger partial charge in [-0.05, 0) is 30.5 Å². The highest BCUT2D eigenvalue weighted by molar-refractivity contribution is 7.93. The summed E-state index contributed by atoms with van der Waals surface area (Å²) in [5.41, 5.74) is 0.206. The average Bonchev–Trinajstić information content (AvgIpc) is 2.77. The fourth-order valence-corrected chi connectivity index (χ4v) is 6.14. The van der Waals surface area contributed by atoms with Gasteiger partial charge in [0.1, 0.15) is 0 Å². The molecular weight excluding hydrogens is 364 g/mol. The van der Waals surface area contributed by atoms with Crippen molar-refractivity contribution in [3.8, 4) is 0 Å². The molecule has 1 aromatic rings. The Balaban J connectivity index is 2.19. The van der Waals surface area contributed by atoms with E-state index >= 15 is 0 Å². The van der Waals surface area contributed by atoms with Crippen molar-refractivity contribution in [2.75, 3.05) is 29.0 Å². The minimum atomic E-state index is -3.78. The molecule has 23 heavy (non-hydrogen) atoms. The molecule has 0 aromatic heterocycles. The van der Waals surface area contributed by atoms with Crippen LogP contribution < -0.4 is 10.0 Å². The van der Waals surface area contributed by atoms with Crippen LogP contribution in [-0.4, -0.2) is 47.0 Å². The zero-order valence-electron chi connectivity index (χ0n) is 12.4. The Morgan fingerprint density at radius 3 is 2.65 bits per heavy atom. The normalized spacial score (nSPS) is 20.2. The number of hydrogen-bond acceptors (Lipinski definition) is 5. The van der Waals surface area contributed by atoms with Gasteiger partial charge < -0.3 is 5.32 Å². The summed E-state index contributed by atoms with van der Waals surface area (Å²) in [6.07, 6.45) is 0.326. The van der Waals surface area contributed by atoms with E-state index in [9.17, 15) is 21.6 Å². The molecule has 2 rings (SSSR count). The highest BCUT2D eigenvalue weighted by Crippen LogP contribution is 2.24. The van der Waals surface area contributed by atoms with Crippen LogP contribution in [0.1, 0.15) is 16.8 Å². The standard InChI is InChI=1S/C13H17ClN2O5S2/c1-15-13(17)11-6-10(14)2-3-12(11)16-23(20,21)8-9-4-5-22(18,19)7-9/h2-3,6,9,16H,4-5,7-8H2,1H3,(H,15,17)/t9-/m0/s1. The molecule has 1 saturated heterocycles. The van der Waals surface area contributed by atoms with Gasteiger partial charge >= 0.3 is 0 Å². The third-order valence-corrected chi connectivity index (χ3v) is 7.01. The monoisotopic (exact) mass is 380 g/mol. The van der Waals surface area contributed by atoms with Gasteiger partial charge in [-0.25, -0.2) is 16.8 Å². The lowest BCUT2D eigenvalue weighted by Gasteiger charge is -2.14. The molecule has 10 heteroatoms. The molecule has 1 aliphatic rings. The molecule has 0 saturated carbocycles. The number of benzene rings is 1. The first-order chi connectivity index (χ1) is 10.6. The molecule has 128 valence electrons. The zero-order valence-corrected chi connectivity index (χ0v) is 14.8.